The van der Waals surface area contributed by atoms with Crippen molar-refractivity contribution in [2.45, 2.75) is 76.4 Å². The van der Waals surface area contributed by atoms with Gasteiger partial charge in [-0.2, -0.15) is 36.7 Å². The van der Waals surface area contributed by atoms with Crippen LogP contribution in [0.5, 0.6) is 5.88 Å². The number of aromatic nitrogens is 4. The summed E-state index contributed by atoms with van der Waals surface area (Å²) in [6.45, 7) is 6.33. The Bertz CT molecular complexity index is 2310. The molecule has 0 saturated carbocycles. The number of carbonyl (C=O) groups is 2. The lowest BCUT2D eigenvalue weighted by Gasteiger charge is -2.31. The number of fused-ring (bicyclic) bond motifs is 4. The molecule has 4 N–H and O–H groups in total. The summed E-state index contributed by atoms with van der Waals surface area (Å²) in [6, 6.07) is 8.75. The molecule has 2 fully saturated rings. The fourth-order valence-electron chi connectivity index (χ4n) is 7.13. The monoisotopic (exact) mass is 827 g/mol. The number of likely N-dealkylation sites (N-methyl/N-ethyl adjacent to an activating group) is 1. The number of nitrogens with one attached hydrogen (secondary N) is 2. The number of aryl methyl sites for hydroxylation is 1. The molecule has 0 unspecified atom stereocenters. The summed E-state index contributed by atoms with van der Waals surface area (Å²) in [5.41, 5.74) is 4.93. The van der Waals surface area contributed by atoms with Crippen LogP contribution >= 0.6 is 11.6 Å². The zero-order valence-corrected chi connectivity index (χ0v) is 31.4. The summed E-state index contributed by atoms with van der Waals surface area (Å²) < 4.78 is 89.2. The van der Waals surface area contributed by atoms with Crippen LogP contribution in [0.4, 0.5) is 30.7 Å². The topological polar surface area (TPSA) is 169 Å². The molecule has 306 valence electrons. The van der Waals surface area contributed by atoms with Crippen molar-refractivity contribution < 1.29 is 55.3 Å². The van der Waals surface area contributed by atoms with Crippen LogP contribution in [0, 0.1) is 31.0 Å². The van der Waals surface area contributed by atoms with Gasteiger partial charge in [-0.3, -0.25) is 5.10 Å². The van der Waals surface area contributed by atoms with E-state index in [0.717, 1.165) is 77.3 Å². The number of rotatable bonds is 6. The van der Waals surface area contributed by atoms with Gasteiger partial charge >= 0.3 is 24.3 Å². The van der Waals surface area contributed by atoms with Crippen molar-refractivity contribution in [3.8, 4) is 23.1 Å². The number of alkyl halides is 6. The second kappa shape index (κ2) is 17.1. The molecule has 7 rings (SSSR count). The number of H-pyrrole nitrogens is 1. The van der Waals surface area contributed by atoms with Crippen LogP contribution < -0.4 is 10.1 Å². The van der Waals surface area contributed by atoms with Gasteiger partial charge in [0, 0.05) is 46.2 Å². The Morgan fingerprint density at radius 2 is 1.72 bits per heavy atom. The molecule has 0 radical (unpaired) electrons. The predicted molar refractivity (Wildman–Crippen MR) is 196 cm³/mol. The standard InChI is InChI=1S/C33H35ClFN7O.2C2HF3O2/c1-18-13-27-25(16-38-40-27)28(19(18)2)29-26(34)15-24-31(30(29)35)39-33(43-17-22-5-4-11-41(22)3)23-8-12-42(32(23)24)21-7-10-37-20(14-21)6-9-36;2*3-2(4,5)1(6)7/h8,12-13,15-16,20-22,37H,4-7,10-11,14,17H2,1-3H3,(H,38,40);2*(H,6,7)/t20-,21+,22+;;/m1../s1. The van der Waals surface area contributed by atoms with Crippen molar-refractivity contribution in [2.75, 3.05) is 26.7 Å². The summed E-state index contributed by atoms with van der Waals surface area (Å²) in [4.78, 5) is 25.0. The van der Waals surface area contributed by atoms with Crippen LogP contribution in [-0.4, -0.2) is 98.0 Å². The van der Waals surface area contributed by atoms with Crippen LogP contribution in [0.1, 0.15) is 49.3 Å². The van der Waals surface area contributed by atoms with Crippen molar-refractivity contribution in [3.63, 3.8) is 0 Å². The molecule has 57 heavy (non-hydrogen) atoms. The van der Waals surface area contributed by atoms with Gasteiger partial charge in [0.2, 0.25) is 5.88 Å². The summed E-state index contributed by atoms with van der Waals surface area (Å²) in [7, 11) is 2.12. The number of piperidine rings is 1. The lowest BCUT2D eigenvalue weighted by atomic mass is 9.92. The van der Waals surface area contributed by atoms with Gasteiger partial charge < -0.3 is 29.7 Å². The predicted octanol–water partition coefficient (Wildman–Crippen LogP) is 8.09. The fourth-order valence-corrected chi connectivity index (χ4v) is 7.41. The number of nitrogens with zero attached hydrogens (tertiary/aromatic N) is 5. The molecule has 3 aromatic heterocycles. The summed E-state index contributed by atoms with van der Waals surface area (Å²) in [5, 5.41) is 36.9. The molecule has 12 nitrogen and oxygen atoms in total. The van der Waals surface area contributed by atoms with Crippen LogP contribution in [0.15, 0.2) is 30.6 Å². The first-order valence-electron chi connectivity index (χ1n) is 17.5. The molecule has 0 spiro atoms. The Hall–Kier alpha value is -5.19. The quantitative estimate of drug-likeness (QED) is 0.123. The minimum absolute atomic E-state index is 0.108. The molecule has 2 aliphatic heterocycles. The number of halogens is 8. The van der Waals surface area contributed by atoms with E-state index in [0.29, 0.717) is 40.9 Å². The summed E-state index contributed by atoms with van der Waals surface area (Å²) >= 11 is 7.02. The number of carboxylic acid groups (broad SMARTS) is 2. The average molecular weight is 828 g/mol. The molecule has 0 bridgehead atoms. The molecule has 5 aromatic rings. The van der Waals surface area contributed by atoms with E-state index in [4.69, 9.17) is 41.1 Å². The van der Waals surface area contributed by atoms with E-state index in [-0.39, 0.29) is 17.6 Å². The number of benzene rings is 2. The van der Waals surface area contributed by atoms with Crippen LogP contribution in [0.2, 0.25) is 5.02 Å². The lowest BCUT2D eigenvalue weighted by molar-refractivity contribution is -0.193. The van der Waals surface area contributed by atoms with Crippen molar-refractivity contribution in [1.29, 1.82) is 5.26 Å². The number of nitriles is 1. The van der Waals surface area contributed by atoms with Crippen molar-refractivity contribution >= 4 is 56.2 Å². The third-order valence-corrected chi connectivity index (χ3v) is 10.4. The normalized spacial score (nSPS) is 18.8. The Kier molecular flexibility index (Phi) is 12.9. The molecular formula is C37H37ClF7N7O5. The zero-order chi connectivity index (χ0) is 42.0. The first kappa shape index (κ1) is 42.9. The van der Waals surface area contributed by atoms with E-state index in [1.807, 2.05) is 32.0 Å². The van der Waals surface area contributed by atoms with E-state index in [2.05, 4.69) is 44.3 Å². The number of likely N-dealkylation sites (tertiary alicyclic amines) is 1. The van der Waals surface area contributed by atoms with Gasteiger partial charge in [-0.15, -0.1) is 0 Å². The molecule has 0 amide bonds. The SMILES string of the molecule is Cc1cc2[nH]ncc2c(-c2c(Cl)cc3c(nc(OC[C@@H]4CCCN4C)c4ccn([C@H]5CCN[C@H](CC#N)C5)c43)c2F)c1C.O=C(O)C(F)(F)F.O=C(O)C(F)(F)F. The third kappa shape index (κ3) is 9.35. The first-order valence-corrected chi connectivity index (χ1v) is 17.9. The van der Waals surface area contributed by atoms with Gasteiger partial charge in [0.05, 0.1) is 40.1 Å². The zero-order valence-electron chi connectivity index (χ0n) is 30.7. The number of aromatic amines is 1. The number of aliphatic carboxylic acids is 2. The second-order valence-corrected chi connectivity index (χ2v) is 14.2. The van der Waals surface area contributed by atoms with Gasteiger partial charge in [-0.1, -0.05) is 11.6 Å². The first-order chi connectivity index (χ1) is 26.7. The van der Waals surface area contributed by atoms with Gasteiger partial charge in [-0.25, -0.2) is 19.0 Å². The number of hydrogen-bond donors (Lipinski definition) is 4. The molecular weight excluding hydrogens is 791 g/mol. The molecule has 2 aliphatic rings. The third-order valence-electron chi connectivity index (χ3n) is 10.1. The maximum Gasteiger partial charge on any atom is 0.490 e. The van der Waals surface area contributed by atoms with Crippen molar-refractivity contribution in [1.82, 2.24) is 30.0 Å². The highest BCUT2D eigenvalue weighted by Gasteiger charge is 2.39. The molecule has 5 heterocycles. The van der Waals surface area contributed by atoms with E-state index in [1.54, 1.807) is 6.20 Å². The van der Waals surface area contributed by atoms with Gasteiger partial charge in [-0.05, 0) is 89.0 Å². The Balaban J connectivity index is 0.000000380. The Labute approximate surface area is 325 Å². The fraction of sp³-hybridized carbons (Fsp3) is 0.432. The lowest BCUT2D eigenvalue weighted by Crippen LogP contribution is -2.38. The molecule has 0 aliphatic carbocycles. The van der Waals surface area contributed by atoms with Crippen LogP contribution in [-0.2, 0) is 9.59 Å². The highest BCUT2D eigenvalue weighted by atomic mass is 35.5. The van der Waals surface area contributed by atoms with Crippen LogP contribution in [0.25, 0.3) is 43.8 Å². The molecule has 3 atom stereocenters. The average Bonchev–Trinajstić information content (AvgIpc) is 3.89. The van der Waals surface area contributed by atoms with Crippen molar-refractivity contribution in [3.05, 3.63) is 52.6 Å². The van der Waals surface area contributed by atoms with E-state index >= 15 is 4.39 Å². The van der Waals surface area contributed by atoms with Crippen LogP contribution in [0.3, 0.4) is 0 Å². The molecule has 2 aromatic carbocycles. The molecule has 2 saturated heterocycles. The summed E-state index contributed by atoms with van der Waals surface area (Å²) in [6.07, 6.45) is -2.04. The van der Waals surface area contributed by atoms with E-state index in [1.165, 1.54) is 0 Å². The summed E-state index contributed by atoms with van der Waals surface area (Å²) in [5.74, 6) is -5.55. The van der Waals surface area contributed by atoms with Gasteiger partial charge in [0.15, 0.2) is 5.82 Å². The van der Waals surface area contributed by atoms with E-state index in [9.17, 15) is 31.6 Å². The highest BCUT2D eigenvalue weighted by molar-refractivity contribution is 6.35. The van der Waals surface area contributed by atoms with Gasteiger partial charge in [0.1, 0.15) is 12.1 Å². The largest absolute Gasteiger partial charge is 0.490 e. The van der Waals surface area contributed by atoms with Crippen molar-refractivity contribution in [2.24, 2.45) is 0 Å². The number of hydrogen-bond acceptors (Lipinski definition) is 8. The smallest absolute Gasteiger partial charge is 0.476 e. The van der Waals surface area contributed by atoms with E-state index < -0.39 is 30.1 Å². The number of ether oxygens (including phenoxy) is 1. The Morgan fingerprint density at radius 1 is 1.05 bits per heavy atom. The minimum Gasteiger partial charge on any atom is -0.476 e. The maximum absolute atomic E-state index is 17.0. The van der Waals surface area contributed by atoms with Gasteiger partial charge in [0.25, 0.3) is 0 Å². The number of pyridine rings is 1. The molecule has 20 heteroatoms. The maximum atomic E-state index is 17.0. The minimum atomic E-state index is -5.08. The highest BCUT2D eigenvalue weighted by Crippen LogP contribution is 2.44. The number of carboxylic acids is 2. The Morgan fingerprint density at radius 3 is 2.32 bits per heavy atom. The second-order valence-electron chi connectivity index (χ2n) is 13.8.